The first-order valence-electron chi connectivity index (χ1n) is 9.13. The number of benzene rings is 1. The zero-order valence-corrected chi connectivity index (χ0v) is 16.1. The van der Waals surface area contributed by atoms with E-state index < -0.39 is 0 Å². The molecule has 1 atom stereocenters. The summed E-state index contributed by atoms with van der Waals surface area (Å²) in [6, 6.07) is 7.76. The summed E-state index contributed by atoms with van der Waals surface area (Å²) in [5.41, 5.74) is 6.11. The summed E-state index contributed by atoms with van der Waals surface area (Å²) in [4.78, 5) is 30.4. The molecule has 0 aliphatic carbocycles. The van der Waals surface area contributed by atoms with E-state index in [0.29, 0.717) is 17.7 Å². The molecule has 0 amide bonds. The summed E-state index contributed by atoms with van der Waals surface area (Å²) in [5.74, 6) is -0.172. The van der Waals surface area contributed by atoms with Gasteiger partial charge in [0.1, 0.15) is 0 Å². The predicted molar refractivity (Wildman–Crippen MR) is 110 cm³/mol. The van der Waals surface area contributed by atoms with Gasteiger partial charge in [0.05, 0.1) is 12.0 Å². The zero-order chi connectivity index (χ0) is 19.8. The Hall–Kier alpha value is -3.42. The van der Waals surface area contributed by atoms with Crippen molar-refractivity contribution in [2.75, 3.05) is 5.43 Å². The van der Waals surface area contributed by atoms with Gasteiger partial charge in [0.2, 0.25) is 0 Å². The van der Waals surface area contributed by atoms with E-state index in [1.54, 1.807) is 24.2 Å². The largest absolute Gasteiger partial charge is 0.332 e. The molecule has 8 nitrogen and oxygen atoms in total. The Morgan fingerprint density at radius 2 is 2.04 bits per heavy atom. The van der Waals surface area contributed by atoms with Gasteiger partial charge in [-0.05, 0) is 25.5 Å². The average Bonchev–Trinajstić information content (AvgIpc) is 3.12. The Morgan fingerprint density at radius 3 is 2.82 bits per heavy atom. The fourth-order valence-corrected chi connectivity index (χ4v) is 3.44. The monoisotopic (exact) mass is 378 g/mol. The lowest BCUT2D eigenvalue weighted by molar-refractivity contribution is 0.581. The first kappa shape index (κ1) is 18.0. The second-order valence-electron chi connectivity index (χ2n) is 7.19. The summed E-state index contributed by atoms with van der Waals surface area (Å²) >= 11 is 0. The molecule has 0 radical (unpaired) electrons. The highest BCUT2D eigenvalue weighted by Crippen LogP contribution is 2.27. The van der Waals surface area contributed by atoms with E-state index in [1.807, 2.05) is 44.2 Å². The van der Waals surface area contributed by atoms with Crippen LogP contribution in [0.15, 0.2) is 56.9 Å². The standard InChI is InChI=1S/C20H22N6O2/c1-13(2)8-9-25-12-21-18-17(25)19(27)26(20(28)24(18)3)11-14-10-22-23-16-7-5-4-6-15(14)16/h4-8,10,12,14,23H,9,11H2,1-3H3. The molecular weight excluding hydrogens is 356 g/mol. The van der Waals surface area contributed by atoms with Crippen LogP contribution in [0.4, 0.5) is 5.69 Å². The molecule has 0 saturated heterocycles. The molecule has 1 N–H and O–H groups in total. The summed E-state index contributed by atoms with van der Waals surface area (Å²) in [6.07, 6.45) is 5.36. The number of aryl methyl sites for hydroxylation is 1. The van der Waals surface area contributed by atoms with E-state index in [9.17, 15) is 9.59 Å². The van der Waals surface area contributed by atoms with Crippen LogP contribution in [0, 0.1) is 0 Å². The summed E-state index contributed by atoms with van der Waals surface area (Å²) < 4.78 is 4.49. The van der Waals surface area contributed by atoms with Crippen molar-refractivity contribution in [1.82, 2.24) is 18.7 Å². The number of allylic oxidation sites excluding steroid dienone is 2. The van der Waals surface area contributed by atoms with Crippen LogP contribution in [0.1, 0.15) is 25.3 Å². The number of fused-ring (bicyclic) bond motifs is 2. The van der Waals surface area contributed by atoms with Crippen molar-refractivity contribution < 1.29 is 0 Å². The SMILES string of the molecule is CC(C)=CCn1cnc2c1c(=O)n(CC1C=NNc3ccccc31)c(=O)n2C. The third-order valence-corrected chi connectivity index (χ3v) is 4.98. The van der Waals surface area contributed by atoms with Crippen molar-refractivity contribution in [2.24, 2.45) is 12.1 Å². The molecule has 0 spiro atoms. The molecule has 1 aromatic carbocycles. The second kappa shape index (κ2) is 6.95. The van der Waals surface area contributed by atoms with E-state index in [-0.39, 0.29) is 23.7 Å². The first-order valence-corrected chi connectivity index (χ1v) is 9.13. The molecule has 144 valence electrons. The molecular formula is C20H22N6O2. The summed E-state index contributed by atoms with van der Waals surface area (Å²) in [5, 5.41) is 4.17. The fourth-order valence-electron chi connectivity index (χ4n) is 3.44. The third-order valence-electron chi connectivity index (χ3n) is 4.98. The first-order chi connectivity index (χ1) is 13.5. The highest BCUT2D eigenvalue weighted by Gasteiger charge is 2.22. The highest BCUT2D eigenvalue weighted by atomic mass is 16.2. The third kappa shape index (κ3) is 2.96. The number of anilines is 1. The van der Waals surface area contributed by atoms with Crippen molar-refractivity contribution in [3.05, 3.63) is 68.6 Å². The maximum atomic E-state index is 13.2. The number of hydrazone groups is 1. The summed E-state index contributed by atoms with van der Waals surface area (Å²) in [7, 11) is 1.64. The molecule has 28 heavy (non-hydrogen) atoms. The fraction of sp³-hybridized carbons (Fsp3) is 0.300. The number of hydrogen-bond donors (Lipinski definition) is 1. The Bertz CT molecular complexity index is 1220. The predicted octanol–water partition coefficient (Wildman–Crippen LogP) is 2.06. The van der Waals surface area contributed by atoms with Crippen molar-refractivity contribution in [3.63, 3.8) is 0 Å². The molecule has 1 aliphatic heterocycles. The Kier molecular flexibility index (Phi) is 4.46. The molecule has 0 fully saturated rings. The van der Waals surface area contributed by atoms with Crippen molar-refractivity contribution >= 4 is 23.1 Å². The number of rotatable bonds is 4. The molecule has 8 heteroatoms. The van der Waals surface area contributed by atoms with Gasteiger partial charge >= 0.3 is 5.69 Å². The number of hydrogen-bond acceptors (Lipinski definition) is 5. The Labute approximate surface area is 161 Å². The molecule has 4 rings (SSSR count). The van der Waals surface area contributed by atoms with Gasteiger partial charge < -0.3 is 4.57 Å². The van der Waals surface area contributed by atoms with Crippen LogP contribution >= 0.6 is 0 Å². The van der Waals surface area contributed by atoms with Crippen LogP contribution in [0.2, 0.25) is 0 Å². The van der Waals surface area contributed by atoms with Gasteiger partial charge in [-0.2, -0.15) is 5.10 Å². The van der Waals surface area contributed by atoms with E-state index in [1.165, 1.54) is 9.13 Å². The highest BCUT2D eigenvalue weighted by molar-refractivity contribution is 5.76. The average molecular weight is 378 g/mol. The second-order valence-corrected chi connectivity index (χ2v) is 7.19. The smallest absolute Gasteiger partial charge is 0.321 e. The molecule has 3 aromatic rings. The number of imidazole rings is 1. The van der Waals surface area contributed by atoms with Gasteiger partial charge in [-0.3, -0.25) is 19.4 Å². The lowest BCUT2D eigenvalue weighted by Crippen LogP contribution is -2.41. The van der Waals surface area contributed by atoms with Gasteiger partial charge in [-0.15, -0.1) is 0 Å². The quantitative estimate of drug-likeness (QED) is 0.704. The minimum Gasteiger partial charge on any atom is -0.321 e. The Balaban J connectivity index is 1.84. The maximum Gasteiger partial charge on any atom is 0.332 e. The summed E-state index contributed by atoms with van der Waals surface area (Å²) in [6.45, 7) is 4.75. The zero-order valence-electron chi connectivity index (χ0n) is 16.1. The van der Waals surface area contributed by atoms with Crippen molar-refractivity contribution in [2.45, 2.75) is 32.9 Å². The van der Waals surface area contributed by atoms with Crippen molar-refractivity contribution in [1.29, 1.82) is 0 Å². The molecule has 0 bridgehead atoms. The lowest BCUT2D eigenvalue weighted by atomic mass is 9.97. The van der Waals surface area contributed by atoms with E-state index >= 15 is 0 Å². The van der Waals surface area contributed by atoms with Gasteiger partial charge in [-0.25, -0.2) is 9.78 Å². The topological polar surface area (TPSA) is 86.2 Å². The minimum absolute atomic E-state index is 0.172. The minimum atomic E-state index is -0.380. The van der Waals surface area contributed by atoms with E-state index in [0.717, 1.165) is 16.8 Å². The Morgan fingerprint density at radius 1 is 1.25 bits per heavy atom. The molecule has 1 unspecified atom stereocenters. The molecule has 2 aromatic heterocycles. The van der Waals surface area contributed by atoms with Crippen LogP contribution in [-0.2, 0) is 20.1 Å². The number of aromatic nitrogens is 4. The number of para-hydroxylation sites is 1. The molecule has 3 heterocycles. The molecule has 1 aliphatic rings. The van der Waals surface area contributed by atoms with Gasteiger partial charge in [0, 0.05) is 32.3 Å². The molecule has 0 saturated carbocycles. The lowest BCUT2D eigenvalue weighted by Gasteiger charge is -2.21. The van der Waals surface area contributed by atoms with E-state index in [2.05, 4.69) is 15.5 Å². The van der Waals surface area contributed by atoms with Crippen molar-refractivity contribution in [3.8, 4) is 0 Å². The van der Waals surface area contributed by atoms with Gasteiger partial charge in [-0.1, -0.05) is 29.8 Å². The number of nitrogens with zero attached hydrogens (tertiary/aromatic N) is 5. The van der Waals surface area contributed by atoms with Crippen LogP contribution in [-0.4, -0.2) is 24.9 Å². The van der Waals surface area contributed by atoms with Gasteiger partial charge in [0.25, 0.3) is 5.56 Å². The van der Waals surface area contributed by atoms with Crippen LogP contribution < -0.4 is 16.7 Å². The van der Waals surface area contributed by atoms with Crippen LogP contribution in [0.5, 0.6) is 0 Å². The van der Waals surface area contributed by atoms with Crippen LogP contribution in [0.3, 0.4) is 0 Å². The van der Waals surface area contributed by atoms with Crippen LogP contribution in [0.25, 0.3) is 11.2 Å². The normalized spacial score (nSPS) is 15.3. The number of nitrogens with one attached hydrogen (secondary N) is 1. The van der Waals surface area contributed by atoms with E-state index in [4.69, 9.17) is 0 Å². The van der Waals surface area contributed by atoms with Gasteiger partial charge in [0.15, 0.2) is 11.2 Å². The maximum absolute atomic E-state index is 13.2.